The van der Waals surface area contributed by atoms with Gasteiger partial charge in [-0.1, -0.05) is 38.7 Å². The standard InChI is InChI=1S/C17H27N3S/c1-2-3-4-5-7-13-19-17(21)20(16-10-11-16)14-15-9-6-8-12-18-15/h6,8-9,12,16H,2-5,7,10-11,13-14H2,1H3,(H,19,21). The van der Waals surface area contributed by atoms with Crippen LogP contribution in [0.1, 0.15) is 57.6 Å². The lowest BCUT2D eigenvalue weighted by atomic mass is 10.1. The van der Waals surface area contributed by atoms with E-state index >= 15 is 0 Å². The number of rotatable bonds is 9. The number of nitrogens with zero attached hydrogens (tertiary/aromatic N) is 2. The summed E-state index contributed by atoms with van der Waals surface area (Å²) in [6.07, 6.45) is 10.9. The molecule has 116 valence electrons. The Labute approximate surface area is 134 Å². The van der Waals surface area contributed by atoms with Gasteiger partial charge < -0.3 is 10.2 Å². The third kappa shape index (κ3) is 6.00. The summed E-state index contributed by atoms with van der Waals surface area (Å²) in [6.45, 7) is 4.07. The monoisotopic (exact) mass is 305 g/mol. The molecule has 1 aliphatic carbocycles. The SMILES string of the molecule is CCCCCCCNC(=S)N(Cc1ccccn1)C1CC1. The van der Waals surface area contributed by atoms with E-state index in [0.29, 0.717) is 6.04 Å². The Bertz CT molecular complexity index is 417. The van der Waals surface area contributed by atoms with E-state index in [-0.39, 0.29) is 0 Å². The van der Waals surface area contributed by atoms with Crippen molar-refractivity contribution in [1.82, 2.24) is 15.2 Å². The predicted octanol–water partition coefficient (Wildman–Crippen LogP) is 3.89. The van der Waals surface area contributed by atoms with Gasteiger partial charge in [-0.3, -0.25) is 4.98 Å². The molecule has 0 spiro atoms. The van der Waals surface area contributed by atoms with Crippen molar-refractivity contribution in [1.29, 1.82) is 0 Å². The van der Waals surface area contributed by atoms with Crippen LogP contribution in [0.3, 0.4) is 0 Å². The molecule has 4 heteroatoms. The summed E-state index contributed by atoms with van der Waals surface area (Å²) in [7, 11) is 0. The van der Waals surface area contributed by atoms with Crippen molar-refractivity contribution in [2.75, 3.05) is 6.54 Å². The van der Waals surface area contributed by atoms with E-state index in [1.165, 1.54) is 44.9 Å². The fraction of sp³-hybridized carbons (Fsp3) is 0.647. The first-order valence-corrected chi connectivity index (χ1v) is 8.66. The van der Waals surface area contributed by atoms with Gasteiger partial charge in [0, 0.05) is 18.8 Å². The second kappa shape index (κ2) is 8.98. The maximum absolute atomic E-state index is 5.58. The van der Waals surface area contributed by atoms with E-state index in [0.717, 1.165) is 23.9 Å². The van der Waals surface area contributed by atoms with Gasteiger partial charge in [-0.2, -0.15) is 0 Å². The second-order valence-electron chi connectivity index (χ2n) is 5.83. The molecule has 2 rings (SSSR count). The Morgan fingerprint density at radius 1 is 1.29 bits per heavy atom. The van der Waals surface area contributed by atoms with Gasteiger partial charge in [0.05, 0.1) is 12.2 Å². The van der Waals surface area contributed by atoms with Gasteiger partial charge in [-0.15, -0.1) is 0 Å². The molecule has 1 aromatic heterocycles. The van der Waals surface area contributed by atoms with Gasteiger partial charge in [0.15, 0.2) is 5.11 Å². The highest BCUT2D eigenvalue weighted by atomic mass is 32.1. The lowest BCUT2D eigenvalue weighted by molar-refractivity contribution is 0.390. The topological polar surface area (TPSA) is 28.2 Å². The maximum atomic E-state index is 5.58. The Morgan fingerprint density at radius 2 is 2.10 bits per heavy atom. The zero-order chi connectivity index (χ0) is 14.9. The molecule has 1 fully saturated rings. The van der Waals surface area contributed by atoms with Gasteiger partial charge >= 0.3 is 0 Å². The predicted molar refractivity (Wildman–Crippen MR) is 92.2 cm³/mol. The van der Waals surface area contributed by atoms with Crippen LogP contribution in [0.2, 0.25) is 0 Å². The largest absolute Gasteiger partial charge is 0.363 e. The minimum atomic E-state index is 0.618. The molecule has 0 aliphatic heterocycles. The zero-order valence-corrected chi connectivity index (χ0v) is 13.9. The highest BCUT2D eigenvalue weighted by molar-refractivity contribution is 7.80. The fourth-order valence-electron chi connectivity index (χ4n) is 2.44. The second-order valence-corrected chi connectivity index (χ2v) is 6.21. The average Bonchev–Trinajstić information content (AvgIpc) is 3.34. The van der Waals surface area contributed by atoms with Crippen LogP contribution in [0.25, 0.3) is 0 Å². The number of unbranched alkanes of at least 4 members (excludes halogenated alkanes) is 4. The molecule has 1 heterocycles. The van der Waals surface area contributed by atoms with Crippen molar-refractivity contribution in [3.8, 4) is 0 Å². The quantitative estimate of drug-likeness (QED) is 0.553. The molecule has 0 radical (unpaired) electrons. The molecular weight excluding hydrogens is 278 g/mol. The number of nitrogens with one attached hydrogen (secondary N) is 1. The van der Waals surface area contributed by atoms with E-state index in [1.54, 1.807) is 0 Å². The fourth-order valence-corrected chi connectivity index (χ4v) is 2.76. The van der Waals surface area contributed by atoms with Crippen molar-refractivity contribution >= 4 is 17.3 Å². The first kappa shape index (κ1) is 16.2. The molecule has 1 N–H and O–H groups in total. The van der Waals surface area contributed by atoms with Crippen molar-refractivity contribution < 1.29 is 0 Å². The number of pyridine rings is 1. The van der Waals surface area contributed by atoms with Crippen LogP contribution in [-0.2, 0) is 6.54 Å². The van der Waals surface area contributed by atoms with Gasteiger partial charge in [0.2, 0.25) is 0 Å². The zero-order valence-electron chi connectivity index (χ0n) is 13.1. The first-order chi connectivity index (χ1) is 10.3. The molecule has 21 heavy (non-hydrogen) atoms. The summed E-state index contributed by atoms with van der Waals surface area (Å²) < 4.78 is 0. The van der Waals surface area contributed by atoms with Crippen LogP contribution in [0.5, 0.6) is 0 Å². The third-order valence-corrected chi connectivity index (χ3v) is 4.24. The summed E-state index contributed by atoms with van der Waals surface area (Å²) in [5.41, 5.74) is 1.09. The number of thiocarbonyl (C=S) groups is 1. The molecule has 1 aromatic rings. The Kier molecular flexibility index (Phi) is 6.93. The number of hydrogen-bond acceptors (Lipinski definition) is 2. The average molecular weight is 305 g/mol. The van der Waals surface area contributed by atoms with Crippen LogP contribution in [0.4, 0.5) is 0 Å². The molecule has 3 nitrogen and oxygen atoms in total. The van der Waals surface area contributed by atoms with Crippen LogP contribution in [0, 0.1) is 0 Å². The Hall–Kier alpha value is -1.16. The Morgan fingerprint density at radius 3 is 2.76 bits per heavy atom. The third-order valence-electron chi connectivity index (χ3n) is 3.86. The normalized spacial score (nSPS) is 14.0. The molecule has 0 saturated heterocycles. The minimum Gasteiger partial charge on any atom is -0.363 e. The van der Waals surface area contributed by atoms with Gasteiger partial charge in [-0.25, -0.2) is 0 Å². The van der Waals surface area contributed by atoms with Crippen LogP contribution in [0.15, 0.2) is 24.4 Å². The molecule has 1 saturated carbocycles. The molecule has 0 unspecified atom stereocenters. The lowest BCUT2D eigenvalue weighted by Crippen LogP contribution is -2.41. The van der Waals surface area contributed by atoms with E-state index < -0.39 is 0 Å². The minimum absolute atomic E-state index is 0.618. The van der Waals surface area contributed by atoms with Crippen LogP contribution >= 0.6 is 12.2 Å². The smallest absolute Gasteiger partial charge is 0.169 e. The molecule has 0 amide bonds. The van der Waals surface area contributed by atoms with E-state index in [9.17, 15) is 0 Å². The highest BCUT2D eigenvalue weighted by Crippen LogP contribution is 2.28. The van der Waals surface area contributed by atoms with Gasteiger partial charge in [0.25, 0.3) is 0 Å². The van der Waals surface area contributed by atoms with Crippen molar-refractivity contribution in [3.05, 3.63) is 30.1 Å². The molecular formula is C17H27N3S. The summed E-state index contributed by atoms with van der Waals surface area (Å²) in [4.78, 5) is 6.72. The molecule has 0 bridgehead atoms. The Balaban J connectivity index is 1.72. The van der Waals surface area contributed by atoms with Crippen LogP contribution < -0.4 is 5.32 Å². The van der Waals surface area contributed by atoms with E-state index in [1.807, 2.05) is 18.3 Å². The van der Waals surface area contributed by atoms with Gasteiger partial charge in [-0.05, 0) is 43.6 Å². The van der Waals surface area contributed by atoms with Crippen molar-refractivity contribution in [2.24, 2.45) is 0 Å². The number of aromatic nitrogens is 1. The van der Waals surface area contributed by atoms with E-state index in [2.05, 4.69) is 28.2 Å². The first-order valence-electron chi connectivity index (χ1n) is 8.25. The summed E-state index contributed by atoms with van der Waals surface area (Å²) in [5, 5.41) is 4.33. The highest BCUT2D eigenvalue weighted by Gasteiger charge is 2.30. The summed E-state index contributed by atoms with van der Waals surface area (Å²) >= 11 is 5.58. The molecule has 1 aliphatic rings. The van der Waals surface area contributed by atoms with Crippen molar-refractivity contribution in [2.45, 2.75) is 64.5 Å². The van der Waals surface area contributed by atoms with Gasteiger partial charge in [0.1, 0.15) is 0 Å². The lowest BCUT2D eigenvalue weighted by Gasteiger charge is -2.25. The van der Waals surface area contributed by atoms with E-state index in [4.69, 9.17) is 12.2 Å². The maximum Gasteiger partial charge on any atom is 0.169 e. The molecule has 0 atom stereocenters. The summed E-state index contributed by atoms with van der Waals surface area (Å²) in [5.74, 6) is 0. The van der Waals surface area contributed by atoms with Crippen molar-refractivity contribution in [3.63, 3.8) is 0 Å². The summed E-state index contributed by atoms with van der Waals surface area (Å²) in [6, 6.07) is 6.69. The molecule has 0 aromatic carbocycles. The van der Waals surface area contributed by atoms with Crippen LogP contribution in [-0.4, -0.2) is 27.6 Å². The number of hydrogen-bond donors (Lipinski definition) is 1.